The van der Waals surface area contributed by atoms with Crippen LogP contribution in [0.3, 0.4) is 0 Å². The van der Waals surface area contributed by atoms with E-state index in [1.165, 1.54) is 0 Å². The topological polar surface area (TPSA) is 48.9 Å². The number of hydrogen-bond acceptors (Lipinski definition) is 2. The largest absolute Gasteiger partial charge is 0.380 e. The summed E-state index contributed by atoms with van der Waals surface area (Å²) < 4.78 is 0. The summed E-state index contributed by atoms with van der Waals surface area (Å²) >= 11 is 5.82. The first-order valence-electron chi connectivity index (χ1n) is 5.62. The second kappa shape index (κ2) is 4.44. The average Bonchev–Trinajstić information content (AvgIpc) is 2.82. The smallest absolute Gasteiger partial charge is 0.140 e. The van der Waals surface area contributed by atoms with Gasteiger partial charge in [0.1, 0.15) is 11.9 Å². The number of aliphatic hydroxyl groups excluding tert-OH is 1. The SMILES string of the molecule is O[C@@H](c1ccc(Cl)cc1)c1nc2ccccc2[nH]1. The molecule has 2 N–H and O–H groups in total. The van der Waals surface area contributed by atoms with E-state index in [0.29, 0.717) is 10.8 Å². The fraction of sp³-hybridized carbons (Fsp3) is 0.0714. The summed E-state index contributed by atoms with van der Waals surface area (Å²) in [6, 6.07) is 14.8. The second-order valence-corrected chi connectivity index (χ2v) is 4.53. The third kappa shape index (κ3) is 1.98. The van der Waals surface area contributed by atoms with Gasteiger partial charge in [-0.25, -0.2) is 4.98 Å². The molecule has 1 aromatic heterocycles. The minimum atomic E-state index is -0.769. The van der Waals surface area contributed by atoms with Crippen LogP contribution in [0.15, 0.2) is 48.5 Å². The van der Waals surface area contributed by atoms with E-state index in [1.807, 2.05) is 24.3 Å². The molecule has 90 valence electrons. The monoisotopic (exact) mass is 258 g/mol. The molecule has 18 heavy (non-hydrogen) atoms. The summed E-state index contributed by atoms with van der Waals surface area (Å²) in [4.78, 5) is 7.49. The first kappa shape index (κ1) is 11.3. The van der Waals surface area contributed by atoms with Gasteiger partial charge in [0.15, 0.2) is 0 Å². The Labute approximate surface area is 109 Å². The standard InChI is InChI=1S/C14H11ClN2O/c15-10-7-5-9(6-8-10)13(18)14-16-11-3-1-2-4-12(11)17-14/h1-8,13,18H,(H,16,17)/t13-/m0/s1. The molecule has 1 heterocycles. The molecule has 0 fully saturated rings. The van der Waals surface area contributed by atoms with E-state index < -0.39 is 6.10 Å². The Kier molecular flexibility index (Phi) is 2.78. The summed E-state index contributed by atoms with van der Waals surface area (Å²) in [6.07, 6.45) is -0.769. The summed E-state index contributed by atoms with van der Waals surface area (Å²) in [5, 5.41) is 10.9. The zero-order valence-corrected chi connectivity index (χ0v) is 10.2. The first-order valence-corrected chi connectivity index (χ1v) is 6.00. The van der Waals surface area contributed by atoms with Crippen molar-refractivity contribution in [3.8, 4) is 0 Å². The molecule has 1 atom stereocenters. The van der Waals surface area contributed by atoms with E-state index in [9.17, 15) is 5.11 Å². The number of benzene rings is 2. The van der Waals surface area contributed by atoms with Crippen LogP contribution in [-0.2, 0) is 0 Å². The Morgan fingerprint density at radius 1 is 1.06 bits per heavy atom. The lowest BCUT2D eigenvalue weighted by molar-refractivity contribution is 0.211. The summed E-state index contributed by atoms with van der Waals surface area (Å²) in [7, 11) is 0. The predicted molar refractivity (Wildman–Crippen MR) is 71.6 cm³/mol. The van der Waals surface area contributed by atoms with Gasteiger partial charge in [0, 0.05) is 5.02 Å². The highest BCUT2D eigenvalue weighted by atomic mass is 35.5. The fourth-order valence-corrected chi connectivity index (χ4v) is 2.03. The number of para-hydroxylation sites is 2. The van der Waals surface area contributed by atoms with Crippen molar-refractivity contribution in [3.05, 3.63) is 64.9 Å². The van der Waals surface area contributed by atoms with Crippen molar-refractivity contribution in [2.75, 3.05) is 0 Å². The first-order chi connectivity index (χ1) is 8.74. The van der Waals surface area contributed by atoms with E-state index >= 15 is 0 Å². The molecule has 0 bridgehead atoms. The van der Waals surface area contributed by atoms with E-state index in [1.54, 1.807) is 24.3 Å². The number of fused-ring (bicyclic) bond motifs is 1. The maximum atomic E-state index is 10.2. The highest BCUT2D eigenvalue weighted by Gasteiger charge is 2.14. The van der Waals surface area contributed by atoms with E-state index in [2.05, 4.69) is 9.97 Å². The van der Waals surface area contributed by atoms with Crippen molar-refractivity contribution in [1.82, 2.24) is 9.97 Å². The summed E-state index contributed by atoms with van der Waals surface area (Å²) in [5.41, 5.74) is 2.53. The number of aromatic amines is 1. The lowest BCUT2D eigenvalue weighted by atomic mass is 10.1. The predicted octanol–water partition coefficient (Wildman–Crippen LogP) is 3.30. The minimum Gasteiger partial charge on any atom is -0.380 e. The molecule has 0 aliphatic carbocycles. The van der Waals surface area contributed by atoms with Crippen LogP contribution in [0.5, 0.6) is 0 Å². The van der Waals surface area contributed by atoms with Crippen molar-refractivity contribution in [3.63, 3.8) is 0 Å². The van der Waals surface area contributed by atoms with Crippen molar-refractivity contribution in [2.24, 2.45) is 0 Å². The van der Waals surface area contributed by atoms with Gasteiger partial charge >= 0.3 is 0 Å². The number of rotatable bonds is 2. The Bertz CT molecular complexity index is 643. The normalized spacial score (nSPS) is 12.8. The van der Waals surface area contributed by atoms with E-state index in [0.717, 1.165) is 16.6 Å². The van der Waals surface area contributed by atoms with Crippen molar-refractivity contribution in [2.45, 2.75) is 6.10 Å². The van der Waals surface area contributed by atoms with Crippen LogP contribution in [-0.4, -0.2) is 15.1 Å². The van der Waals surface area contributed by atoms with Gasteiger partial charge in [0.05, 0.1) is 11.0 Å². The highest BCUT2D eigenvalue weighted by molar-refractivity contribution is 6.30. The number of nitrogens with one attached hydrogen (secondary N) is 1. The number of aromatic nitrogens is 2. The van der Waals surface area contributed by atoms with Crippen LogP contribution in [0.25, 0.3) is 11.0 Å². The van der Waals surface area contributed by atoms with E-state index in [4.69, 9.17) is 11.6 Å². The third-order valence-corrected chi connectivity index (χ3v) is 3.10. The van der Waals surface area contributed by atoms with Gasteiger partial charge in [-0.3, -0.25) is 0 Å². The summed E-state index contributed by atoms with van der Waals surface area (Å²) in [6.45, 7) is 0. The van der Waals surface area contributed by atoms with Gasteiger partial charge in [-0.15, -0.1) is 0 Å². The van der Waals surface area contributed by atoms with Crippen molar-refractivity contribution in [1.29, 1.82) is 0 Å². The quantitative estimate of drug-likeness (QED) is 0.741. The minimum absolute atomic E-state index is 0.540. The molecule has 4 heteroatoms. The van der Waals surface area contributed by atoms with Crippen LogP contribution < -0.4 is 0 Å². The Hall–Kier alpha value is -1.84. The molecule has 3 nitrogen and oxygen atoms in total. The molecule has 3 aromatic rings. The van der Waals surface area contributed by atoms with Crippen LogP contribution in [0, 0.1) is 0 Å². The Balaban J connectivity index is 2.00. The van der Waals surface area contributed by atoms with Gasteiger partial charge < -0.3 is 10.1 Å². The van der Waals surface area contributed by atoms with Crippen LogP contribution in [0.1, 0.15) is 17.5 Å². The Morgan fingerprint density at radius 3 is 2.50 bits per heavy atom. The fourth-order valence-electron chi connectivity index (χ4n) is 1.90. The lowest BCUT2D eigenvalue weighted by Crippen LogP contribution is -2.01. The third-order valence-electron chi connectivity index (χ3n) is 2.85. The summed E-state index contributed by atoms with van der Waals surface area (Å²) in [5.74, 6) is 0.540. The molecule has 3 rings (SSSR count). The number of hydrogen-bond donors (Lipinski definition) is 2. The zero-order chi connectivity index (χ0) is 12.5. The maximum Gasteiger partial charge on any atom is 0.140 e. The molecule has 0 saturated heterocycles. The molecule has 2 aromatic carbocycles. The maximum absolute atomic E-state index is 10.2. The number of aliphatic hydroxyl groups is 1. The molecule has 0 spiro atoms. The molecule has 0 amide bonds. The van der Waals surface area contributed by atoms with Crippen LogP contribution in [0.2, 0.25) is 5.02 Å². The Morgan fingerprint density at radius 2 is 1.78 bits per heavy atom. The van der Waals surface area contributed by atoms with Crippen molar-refractivity contribution >= 4 is 22.6 Å². The van der Waals surface area contributed by atoms with Gasteiger partial charge in [0.25, 0.3) is 0 Å². The van der Waals surface area contributed by atoms with Crippen LogP contribution >= 0.6 is 11.6 Å². The lowest BCUT2D eigenvalue weighted by Gasteiger charge is -2.07. The van der Waals surface area contributed by atoms with Gasteiger partial charge in [-0.05, 0) is 29.8 Å². The number of halogens is 1. The molecule has 0 aliphatic rings. The number of imidazole rings is 1. The highest BCUT2D eigenvalue weighted by Crippen LogP contribution is 2.23. The zero-order valence-electron chi connectivity index (χ0n) is 9.47. The average molecular weight is 259 g/mol. The number of nitrogens with zero attached hydrogens (tertiary/aromatic N) is 1. The number of H-pyrrole nitrogens is 1. The van der Waals surface area contributed by atoms with Gasteiger partial charge in [-0.1, -0.05) is 35.9 Å². The molecular formula is C14H11ClN2O. The molecule has 0 unspecified atom stereocenters. The molecular weight excluding hydrogens is 248 g/mol. The van der Waals surface area contributed by atoms with Gasteiger partial charge in [0.2, 0.25) is 0 Å². The molecule has 0 saturated carbocycles. The molecule has 0 radical (unpaired) electrons. The molecule has 0 aliphatic heterocycles. The van der Waals surface area contributed by atoms with Gasteiger partial charge in [-0.2, -0.15) is 0 Å². The van der Waals surface area contributed by atoms with Crippen LogP contribution in [0.4, 0.5) is 0 Å². The van der Waals surface area contributed by atoms with Crippen molar-refractivity contribution < 1.29 is 5.11 Å². The second-order valence-electron chi connectivity index (χ2n) is 4.09. The van der Waals surface area contributed by atoms with E-state index in [-0.39, 0.29) is 0 Å².